The molecule has 1 aliphatic heterocycles. The van der Waals surface area contributed by atoms with Gasteiger partial charge in [-0.1, -0.05) is 54.6 Å². The Kier molecular flexibility index (Phi) is 2.72. The number of ketones is 1. The van der Waals surface area contributed by atoms with Crippen LogP contribution in [0.2, 0.25) is 0 Å². The van der Waals surface area contributed by atoms with Gasteiger partial charge in [-0.15, -0.1) is 0 Å². The smallest absolute Gasteiger partial charge is 0.193 e. The van der Waals surface area contributed by atoms with Crippen LogP contribution in [0.3, 0.4) is 0 Å². The fourth-order valence-corrected chi connectivity index (χ4v) is 3.34. The Morgan fingerprint density at radius 3 is 2.38 bits per heavy atom. The number of nitrogens with zero attached hydrogens (tertiary/aromatic N) is 1. The second-order valence-corrected chi connectivity index (χ2v) is 5.61. The van der Waals surface area contributed by atoms with Crippen LogP contribution < -0.4 is 5.32 Å². The van der Waals surface area contributed by atoms with Gasteiger partial charge in [-0.2, -0.15) is 0 Å². The maximum atomic E-state index is 12.8. The first kappa shape index (κ1) is 12.4. The highest BCUT2D eigenvalue weighted by molar-refractivity contribution is 7.80. The van der Waals surface area contributed by atoms with E-state index in [2.05, 4.69) is 10.3 Å². The summed E-state index contributed by atoms with van der Waals surface area (Å²) < 4.78 is 0. The zero-order chi connectivity index (χ0) is 14.4. The van der Waals surface area contributed by atoms with Crippen molar-refractivity contribution in [2.45, 2.75) is 6.04 Å². The highest BCUT2D eigenvalue weighted by atomic mass is 32.1. The minimum absolute atomic E-state index is 0.119. The molecule has 0 saturated carbocycles. The van der Waals surface area contributed by atoms with E-state index in [0.29, 0.717) is 5.11 Å². The van der Waals surface area contributed by atoms with Crippen molar-refractivity contribution in [1.82, 2.24) is 5.32 Å². The quantitative estimate of drug-likeness (QED) is 0.822. The molecule has 3 nitrogen and oxygen atoms in total. The van der Waals surface area contributed by atoms with E-state index in [1.807, 2.05) is 54.6 Å². The molecule has 4 rings (SSSR count). The topological polar surface area (TPSA) is 41.5 Å². The molecule has 2 atom stereocenters. The van der Waals surface area contributed by atoms with Gasteiger partial charge >= 0.3 is 0 Å². The molecule has 0 bridgehead atoms. The van der Waals surface area contributed by atoms with Gasteiger partial charge in [-0.05, 0) is 17.8 Å². The first-order chi connectivity index (χ1) is 10.3. The standard InChI is InChI=1S/C17H12N2OS/c20-16-12-9-5-4-8-11(12)15-13(16)14(18-17(21)19-15)10-6-2-1-3-7-10/h1-9,13-14H,(H,18,21). The van der Waals surface area contributed by atoms with Gasteiger partial charge in [0.15, 0.2) is 10.9 Å². The van der Waals surface area contributed by atoms with Crippen LogP contribution in [-0.2, 0) is 0 Å². The lowest BCUT2D eigenvalue weighted by Crippen LogP contribution is -2.41. The monoisotopic (exact) mass is 292 g/mol. The Morgan fingerprint density at radius 1 is 0.952 bits per heavy atom. The summed E-state index contributed by atoms with van der Waals surface area (Å²) in [6.07, 6.45) is 0. The number of thiocarbonyl (C=S) groups is 1. The average Bonchev–Trinajstić information content (AvgIpc) is 2.81. The molecule has 2 aliphatic rings. The highest BCUT2D eigenvalue weighted by Gasteiger charge is 2.44. The van der Waals surface area contributed by atoms with Crippen molar-refractivity contribution in [2.75, 3.05) is 0 Å². The van der Waals surface area contributed by atoms with Gasteiger partial charge in [0.05, 0.1) is 17.7 Å². The van der Waals surface area contributed by atoms with Crippen molar-refractivity contribution in [1.29, 1.82) is 0 Å². The molecule has 0 radical (unpaired) electrons. The molecule has 0 saturated heterocycles. The molecule has 0 aromatic heterocycles. The third kappa shape index (κ3) is 1.83. The number of fused-ring (bicyclic) bond motifs is 3. The molecule has 1 aliphatic carbocycles. The molecule has 0 amide bonds. The van der Waals surface area contributed by atoms with Crippen LogP contribution in [0.25, 0.3) is 0 Å². The first-order valence-electron chi connectivity index (χ1n) is 6.83. The van der Waals surface area contributed by atoms with Gasteiger partial charge in [-0.3, -0.25) is 4.79 Å². The molecule has 0 fully saturated rings. The zero-order valence-corrected chi connectivity index (χ0v) is 11.9. The number of carbonyl (C=O) groups excluding carboxylic acids is 1. The van der Waals surface area contributed by atoms with Crippen LogP contribution in [-0.4, -0.2) is 16.6 Å². The predicted molar refractivity (Wildman–Crippen MR) is 85.7 cm³/mol. The zero-order valence-electron chi connectivity index (χ0n) is 11.1. The Balaban J connectivity index is 1.88. The highest BCUT2D eigenvalue weighted by Crippen LogP contribution is 2.37. The Morgan fingerprint density at radius 2 is 1.62 bits per heavy atom. The number of carbonyl (C=O) groups is 1. The van der Waals surface area contributed by atoms with Crippen molar-refractivity contribution in [2.24, 2.45) is 10.9 Å². The lowest BCUT2D eigenvalue weighted by molar-refractivity contribution is 0.0944. The summed E-state index contributed by atoms with van der Waals surface area (Å²) in [5, 5.41) is 3.64. The van der Waals surface area contributed by atoms with E-state index in [4.69, 9.17) is 12.2 Å². The number of nitrogens with one attached hydrogen (secondary N) is 1. The van der Waals surface area contributed by atoms with Gasteiger partial charge in [0.25, 0.3) is 0 Å². The lowest BCUT2D eigenvalue weighted by atomic mass is 9.87. The first-order valence-corrected chi connectivity index (χ1v) is 7.24. The third-order valence-electron chi connectivity index (χ3n) is 4.04. The molecular formula is C17H12N2OS. The summed E-state index contributed by atoms with van der Waals surface area (Å²) in [7, 11) is 0. The van der Waals surface area contributed by atoms with E-state index >= 15 is 0 Å². The van der Waals surface area contributed by atoms with E-state index in [0.717, 1.165) is 22.4 Å². The van der Waals surface area contributed by atoms with E-state index in [1.54, 1.807) is 0 Å². The Hall–Kier alpha value is -2.33. The lowest BCUT2D eigenvalue weighted by Gasteiger charge is -2.29. The van der Waals surface area contributed by atoms with Crippen LogP contribution in [0, 0.1) is 5.92 Å². The number of Topliss-reactive ketones (excluding diaryl/α,β-unsaturated/α-hetero) is 1. The van der Waals surface area contributed by atoms with Crippen LogP contribution in [0.15, 0.2) is 59.6 Å². The Bertz CT molecular complexity index is 782. The molecule has 2 aromatic rings. The molecular weight excluding hydrogens is 280 g/mol. The summed E-state index contributed by atoms with van der Waals surface area (Å²) in [5.74, 6) is -0.176. The number of hydrogen-bond donors (Lipinski definition) is 1. The van der Waals surface area contributed by atoms with Crippen LogP contribution in [0.4, 0.5) is 0 Å². The normalized spacial score (nSPS) is 23.1. The average molecular weight is 292 g/mol. The number of hydrogen-bond acceptors (Lipinski definition) is 2. The van der Waals surface area contributed by atoms with E-state index in [1.165, 1.54) is 0 Å². The van der Waals surface area contributed by atoms with Gasteiger partial charge in [0.2, 0.25) is 0 Å². The van der Waals surface area contributed by atoms with Crippen LogP contribution >= 0.6 is 12.2 Å². The van der Waals surface area contributed by atoms with Gasteiger partial charge in [0, 0.05) is 11.1 Å². The van der Waals surface area contributed by atoms with Crippen molar-refractivity contribution in [3.05, 3.63) is 71.3 Å². The predicted octanol–water partition coefficient (Wildman–Crippen LogP) is 2.92. The van der Waals surface area contributed by atoms with Crippen molar-refractivity contribution < 1.29 is 4.79 Å². The molecule has 0 spiro atoms. The summed E-state index contributed by atoms with van der Waals surface area (Å²) in [6.45, 7) is 0. The minimum atomic E-state index is -0.295. The fourth-order valence-electron chi connectivity index (χ4n) is 3.11. The fraction of sp³-hybridized carbons (Fsp3) is 0.118. The van der Waals surface area contributed by atoms with Gasteiger partial charge in [-0.25, -0.2) is 4.99 Å². The minimum Gasteiger partial charge on any atom is -0.353 e. The molecule has 4 heteroatoms. The largest absolute Gasteiger partial charge is 0.353 e. The van der Waals surface area contributed by atoms with E-state index in [9.17, 15) is 4.79 Å². The molecule has 1 N–H and O–H groups in total. The maximum Gasteiger partial charge on any atom is 0.193 e. The number of benzene rings is 2. The summed E-state index contributed by atoms with van der Waals surface area (Å²) in [5.41, 5.74) is 3.51. The molecule has 21 heavy (non-hydrogen) atoms. The summed E-state index contributed by atoms with van der Waals surface area (Å²) in [6, 6.07) is 17.4. The van der Waals surface area contributed by atoms with Crippen molar-refractivity contribution in [3.63, 3.8) is 0 Å². The van der Waals surface area contributed by atoms with Gasteiger partial charge in [0.1, 0.15) is 0 Å². The SMILES string of the molecule is O=C1c2ccccc2C2=NC(=S)NC(c3ccccc3)C12. The molecule has 2 aromatic carbocycles. The van der Waals surface area contributed by atoms with E-state index in [-0.39, 0.29) is 17.7 Å². The number of rotatable bonds is 1. The van der Waals surface area contributed by atoms with Crippen molar-refractivity contribution in [3.8, 4) is 0 Å². The van der Waals surface area contributed by atoms with Crippen LogP contribution in [0.5, 0.6) is 0 Å². The summed E-state index contributed by atoms with van der Waals surface area (Å²) in [4.78, 5) is 17.2. The molecule has 1 heterocycles. The van der Waals surface area contributed by atoms with Crippen LogP contribution in [0.1, 0.15) is 27.5 Å². The summed E-state index contributed by atoms with van der Waals surface area (Å²) >= 11 is 5.26. The van der Waals surface area contributed by atoms with Crippen molar-refractivity contribution >= 4 is 28.8 Å². The maximum absolute atomic E-state index is 12.8. The van der Waals surface area contributed by atoms with Gasteiger partial charge < -0.3 is 5.32 Å². The molecule has 2 unspecified atom stereocenters. The second kappa shape index (κ2) is 4.60. The number of aliphatic imine (C=N–C) groups is 1. The van der Waals surface area contributed by atoms with E-state index < -0.39 is 0 Å². The second-order valence-electron chi connectivity index (χ2n) is 5.22. The Labute approximate surface area is 127 Å². The third-order valence-corrected chi connectivity index (χ3v) is 4.25. The molecule has 102 valence electrons.